The standard InChI is InChI=1S/C12H22N2O2/c1-9-3-2-4-10(7-9)14-12(15)11-8-13-5-6-16-11/h9-11,13H,2-8H2,1H3,(H,14,15)/t9-,10+,11+/m1/s1. The molecular weight excluding hydrogens is 204 g/mol. The van der Waals surface area contributed by atoms with Crippen LogP contribution < -0.4 is 10.6 Å². The molecule has 4 heteroatoms. The zero-order valence-electron chi connectivity index (χ0n) is 10.00. The van der Waals surface area contributed by atoms with Crippen LogP contribution in [-0.2, 0) is 9.53 Å². The van der Waals surface area contributed by atoms with Crippen molar-refractivity contribution >= 4 is 5.91 Å². The lowest BCUT2D eigenvalue weighted by Gasteiger charge is -2.30. The highest BCUT2D eigenvalue weighted by Gasteiger charge is 2.26. The summed E-state index contributed by atoms with van der Waals surface area (Å²) in [6, 6.07) is 0.363. The molecule has 0 aromatic heterocycles. The number of morpholine rings is 1. The van der Waals surface area contributed by atoms with E-state index >= 15 is 0 Å². The molecule has 0 unspecified atom stereocenters. The summed E-state index contributed by atoms with van der Waals surface area (Å²) in [5.41, 5.74) is 0. The van der Waals surface area contributed by atoms with Crippen molar-refractivity contribution in [2.75, 3.05) is 19.7 Å². The fourth-order valence-corrected chi connectivity index (χ4v) is 2.59. The first-order valence-corrected chi connectivity index (χ1v) is 6.38. The van der Waals surface area contributed by atoms with Gasteiger partial charge >= 0.3 is 0 Å². The summed E-state index contributed by atoms with van der Waals surface area (Å²) in [4.78, 5) is 11.9. The number of ether oxygens (including phenoxy) is 1. The molecule has 1 aliphatic heterocycles. The lowest BCUT2D eigenvalue weighted by molar-refractivity contribution is -0.135. The molecule has 2 N–H and O–H groups in total. The van der Waals surface area contributed by atoms with Gasteiger partial charge in [-0.1, -0.05) is 19.8 Å². The van der Waals surface area contributed by atoms with Crippen molar-refractivity contribution in [1.82, 2.24) is 10.6 Å². The predicted molar refractivity (Wildman–Crippen MR) is 62.2 cm³/mol. The van der Waals surface area contributed by atoms with E-state index in [1.54, 1.807) is 0 Å². The Hall–Kier alpha value is -0.610. The molecular formula is C12H22N2O2. The van der Waals surface area contributed by atoms with E-state index in [1.807, 2.05) is 0 Å². The third-order valence-corrected chi connectivity index (χ3v) is 3.50. The molecule has 2 fully saturated rings. The van der Waals surface area contributed by atoms with Crippen LogP contribution >= 0.6 is 0 Å². The minimum absolute atomic E-state index is 0.0614. The van der Waals surface area contributed by atoms with Gasteiger partial charge in [-0.15, -0.1) is 0 Å². The van der Waals surface area contributed by atoms with Crippen LogP contribution in [0.2, 0.25) is 0 Å². The van der Waals surface area contributed by atoms with Crippen molar-refractivity contribution < 1.29 is 9.53 Å². The Balaban J connectivity index is 1.77. The summed E-state index contributed by atoms with van der Waals surface area (Å²) >= 11 is 0. The van der Waals surface area contributed by atoms with Gasteiger partial charge in [-0.2, -0.15) is 0 Å². The second-order valence-corrected chi connectivity index (χ2v) is 5.04. The van der Waals surface area contributed by atoms with Crippen LogP contribution in [0.25, 0.3) is 0 Å². The van der Waals surface area contributed by atoms with Gasteiger partial charge in [0, 0.05) is 19.1 Å². The number of hydrogen-bond acceptors (Lipinski definition) is 3. The molecule has 0 spiro atoms. The number of nitrogens with one attached hydrogen (secondary N) is 2. The topological polar surface area (TPSA) is 50.4 Å². The van der Waals surface area contributed by atoms with Gasteiger partial charge in [0.05, 0.1) is 6.61 Å². The first-order chi connectivity index (χ1) is 7.75. The Bertz CT molecular complexity index is 239. The summed E-state index contributed by atoms with van der Waals surface area (Å²) < 4.78 is 5.43. The highest BCUT2D eigenvalue weighted by Crippen LogP contribution is 2.23. The largest absolute Gasteiger partial charge is 0.366 e. The summed E-state index contributed by atoms with van der Waals surface area (Å²) in [5.74, 6) is 0.802. The van der Waals surface area contributed by atoms with Crippen molar-refractivity contribution in [3.63, 3.8) is 0 Å². The summed E-state index contributed by atoms with van der Waals surface area (Å²) in [6.45, 7) is 4.40. The van der Waals surface area contributed by atoms with E-state index in [9.17, 15) is 4.79 Å². The Morgan fingerprint density at radius 1 is 1.44 bits per heavy atom. The van der Waals surface area contributed by atoms with Crippen LogP contribution in [0, 0.1) is 5.92 Å². The molecule has 3 atom stereocenters. The van der Waals surface area contributed by atoms with Crippen molar-refractivity contribution in [1.29, 1.82) is 0 Å². The molecule has 4 nitrogen and oxygen atoms in total. The Morgan fingerprint density at radius 2 is 2.31 bits per heavy atom. The van der Waals surface area contributed by atoms with Gasteiger partial charge in [-0.3, -0.25) is 4.79 Å². The first-order valence-electron chi connectivity index (χ1n) is 6.38. The smallest absolute Gasteiger partial charge is 0.250 e. The zero-order chi connectivity index (χ0) is 11.4. The molecule has 1 saturated heterocycles. The molecule has 1 saturated carbocycles. The van der Waals surface area contributed by atoms with E-state index in [-0.39, 0.29) is 12.0 Å². The quantitative estimate of drug-likeness (QED) is 0.727. The molecule has 16 heavy (non-hydrogen) atoms. The van der Waals surface area contributed by atoms with E-state index in [0.717, 1.165) is 25.3 Å². The Morgan fingerprint density at radius 3 is 3.00 bits per heavy atom. The minimum Gasteiger partial charge on any atom is -0.366 e. The monoisotopic (exact) mass is 226 g/mol. The normalized spacial score (nSPS) is 35.7. The van der Waals surface area contributed by atoms with Crippen molar-refractivity contribution in [3.05, 3.63) is 0 Å². The van der Waals surface area contributed by atoms with Crippen LogP contribution in [0.4, 0.5) is 0 Å². The lowest BCUT2D eigenvalue weighted by atomic mass is 9.87. The van der Waals surface area contributed by atoms with Crippen LogP contribution in [0.5, 0.6) is 0 Å². The fraction of sp³-hybridized carbons (Fsp3) is 0.917. The molecule has 0 aromatic carbocycles. The molecule has 2 rings (SSSR count). The predicted octanol–water partition coefficient (Wildman–Crippen LogP) is 0.670. The SMILES string of the molecule is C[C@@H]1CCC[C@H](NC(=O)[C@@H]2CNCCO2)C1. The Kier molecular flexibility index (Phi) is 4.18. The number of amides is 1. The van der Waals surface area contributed by atoms with Crippen LogP contribution in [0.3, 0.4) is 0 Å². The maximum Gasteiger partial charge on any atom is 0.250 e. The lowest BCUT2D eigenvalue weighted by Crippen LogP contribution is -2.50. The highest BCUT2D eigenvalue weighted by molar-refractivity contribution is 5.81. The summed E-state index contributed by atoms with van der Waals surface area (Å²) in [5, 5.41) is 6.29. The maximum atomic E-state index is 11.9. The second-order valence-electron chi connectivity index (χ2n) is 5.04. The summed E-state index contributed by atoms with van der Waals surface area (Å²) in [6.07, 6.45) is 4.48. The average molecular weight is 226 g/mol. The molecule has 2 aliphatic rings. The molecule has 0 aromatic rings. The van der Waals surface area contributed by atoms with Crippen LogP contribution in [0.15, 0.2) is 0 Å². The number of hydrogen-bond donors (Lipinski definition) is 2. The Labute approximate surface area is 97.1 Å². The maximum absolute atomic E-state index is 11.9. The third-order valence-electron chi connectivity index (χ3n) is 3.50. The molecule has 0 bridgehead atoms. The second kappa shape index (κ2) is 5.64. The summed E-state index contributed by atoms with van der Waals surface area (Å²) in [7, 11) is 0. The van der Waals surface area contributed by atoms with Gasteiger partial charge in [0.15, 0.2) is 0 Å². The molecule has 92 valence electrons. The van der Waals surface area contributed by atoms with Crippen LogP contribution in [0.1, 0.15) is 32.6 Å². The zero-order valence-corrected chi connectivity index (χ0v) is 10.00. The van der Waals surface area contributed by atoms with E-state index in [0.29, 0.717) is 19.2 Å². The minimum atomic E-state index is -0.286. The van der Waals surface area contributed by atoms with Crippen molar-refractivity contribution in [2.24, 2.45) is 5.92 Å². The van der Waals surface area contributed by atoms with Crippen molar-refractivity contribution in [2.45, 2.75) is 44.8 Å². The van der Waals surface area contributed by atoms with Gasteiger partial charge in [0.25, 0.3) is 5.91 Å². The van der Waals surface area contributed by atoms with E-state index < -0.39 is 0 Å². The third kappa shape index (κ3) is 3.19. The van der Waals surface area contributed by atoms with Gasteiger partial charge in [-0.05, 0) is 18.8 Å². The number of carbonyl (C=O) groups is 1. The number of carbonyl (C=O) groups excluding carboxylic acids is 1. The molecule has 1 aliphatic carbocycles. The van der Waals surface area contributed by atoms with Crippen molar-refractivity contribution in [3.8, 4) is 0 Å². The highest BCUT2D eigenvalue weighted by atomic mass is 16.5. The first kappa shape index (κ1) is 11.9. The van der Waals surface area contributed by atoms with Gasteiger partial charge in [0.1, 0.15) is 6.10 Å². The molecule has 1 amide bonds. The van der Waals surface area contributed by atoms with Gasteiger partial charge in [-0.25, -0.2) is 0 Å². The van der Waals surface area contributed by atoms with E-state index in [1.165, 1.54) is 12.8 Å². The average Bonchev–Trinajstić information content (AvgIpc) is 2.30. The molecule has 1 heterocycles. The van der Waals surface area contributed by atoms with Gasteiger partial charge in [0.2, 0.25) is 0 Å². The van der Waals surface area contributed by atoms with Gasteiger partial charge < -0.3 is 15.4 Å². The van der Waals surface area contributed by atoms with E-state index in [4.69, 9.17) is 4.74 Å². The number of rotatable bonds is 2. The molecule has 0 radical (unpaired) electrons. The fourth-order valence-electron chi connectivity index (χ4n) is 2.59. The van der Waals surface area contributed by atoms with Crippen LogP contribution in [-0.4, -0.2) is 37.7 Å². The van der Waals surface area contributed by atoms with E-state index in [2.05, 4.69) is 17.6 Å².